The summed E-state index contributed by atoms with van der Waals surface area (Å²) in [4.78, 5) is 4.61. The monoisotopic (exact) mass is 805 g/mol. The highest BCUT2D eigenvalue weighted by molar-refractivity contribution is 6.12. The van der Waals surface area contributed by atoms with E-state index in [-0.39, 0.29) is 0 Å². The van der Waals surface area contributed by atoms with E-state index in [2.05, 4.69) is 275 Å². The molecule has 0 aliphatic heterocycles. The van der Waals surface area contributed by atoms with Gasteiger partial charge in [-0.1, -0.05) is 158 Å². The van der Waals surface area contributed by atoms with Gasteiger partial charge in [-0.15, -0.1) is 0 Å². The molecule has 298 valence electrons. The second-order valence-corrected chi connectivity index (χ2v) is 15.8. The third-order valence-electron chi connectivity index (χ3n) is 12.0. The maximum Gasteiger partial charge on any atom is 0.0541 e. The van der Waals surface area contributed by atoms with E-state index in [1.54, 1.807) is 0 Å². The van der Waals surface area contributed by atoms with Crippen LogP contribution in [0.3, 0.4) is 0 Å². The highest BCUT2D eigenvalue weighted by Crippen LogP contribution is 2.42. The molecule has 0 bridgehead atoms. The number of nitrogens with zero attached hydrogens (tertiary/aromatic N) is 3. The fourth-order valence-electron chi connectivity index (χ4n) is 8.98. The molecule has 0 atom stereocenters. The van der Waals surface area contributed by atoms with Crippen molar-refractivity contribution in [2.45, 2.75) is 0 Å². The molecular weight excluding hydrogens is 763 g/mol. The summed E-state index contributed by atoms with van der Waals surface area (Å²) < 4.78 is 2.45. The second-order valence-electron chi connectivity index (χ2n) is 15.8. The van der Waals surface area contributed by atoms with Crippen molar-refractivity contribution < 1.29 is 0 Å². The van der Waals surface area contributed by atoms with E-state index < -0.39 is 0 Å². The highest BCUT2D eigenvalue weighted by Gasteiger charge is 2.19. The smallest absolute Gasteiger partial charge is 0.0541 e. The molecule has 0 amide bonds. The lowest BCUT2D eigenvalue weighted by Gasteiger charge is -2.25. The minimum Gasteiger partial charge on any atom is -0.311 e. The number of rotatable bonds is 10. The normalized spacial score (nSPS) is 11.2. The van der Waals surface area contributed by atoms with Crippen LogP contribution in [0.25, 0.3) is 60.9 Å². The standard InChI is InChI=1S/C60H43N3/c1-6-18-46(19-7-1)55-28-16-17-29-58(55)63-59-40-34-47(44-30-36-53(37-31-44)61(49-20-8-2-9-21-49)50-22-10-3-11-23-50)42-56(59)57-43-48(35-41-60(57)63)45-32-38-54(39-33-45)62(51-24-12-4-13-25-51)52-26-14-5-15-27-52/h1-43H. The first-order valence-corrected chi connectivity index (χ1v) is 21.5. The lowest BCUT2D eigenvalue weighted by Crippen LogP contribution is -2.09. The molecule has 3 heteroatoms. The molecule has 1 heterocycles. The van der Waals surface area contributed by atoms with Crippen LogP contribution >= 0.6 is 0 Å². The predicted molar refractivity (Wildman–Crippen MR) is 266 cm³/mol. The molecule has 0 N–H and O–H groups in total. The Balaban J connectivity index is 1.03. The first-order valence-electron chi connectivity index (χ1n) is 21.5. The van der Waals surface area contributed by atoms with E-state index >= 15 is 0 Å². The van der Waals surface area contributed by atoms with Crippen molar-refractivity contribution in [1.29, 1.82) is 0 Å². The zero-order valence-electron chi connectivity index (χ0n) is 34.7. The number of para-hydroxylation sites is 5. The van der Waals surface area contributed by atoms with Gasteiger partial charge in [-0.05, 0) is 131 Å². The van der Waals surface area contributed by atoms with Crippen molar-refractivity contribution in [3.05, 3.63) is 261 Å². The summed E-state index contributed by atoms with van der Waals surface area (Å²) in [5.41, 5.74) is 17.3. The number of aromatic nitrogens is 1. The Morgan fingerprint density at radius 3 is 0.952 bits per heavy atom. The van der Waals surface area contributed by atoms with Gasteiger partial charge in [-0.3, -0.25) is 0 Å². The van der Waals surface area contributed by atoms with Gasteiger partial charge < -0.3 is 14.4 Å². The molecule has 0 saturated heterocycles. The summed E-state index contributed by atoms with van der Waals surface area (Å²) in [6, 6.07) is 93.6. The van der Waals surface area contributed by atoms with Crippen LogP contribution in [-0.4, -0.2) is 4.57 Å². The number of anilines is 6. The van der Waals surface area contributed by atoms with Crippen LogP contribution in [0.1, 0.15) is 0 Å². The third-order valence-corrected chi connectivity index (χ3v) is 12.0. The van der Waals surface area contributed by atoms with Crippen LogP contribution in [0.2, 0.25) is 0 Å². The molecule has 11 aromatic rings. The second kappa shape index (κ2) is 16.6. The van der Waals surface area contributed by atoms with Crippen molar-refractivity contribution >= 4 is 55.9 Å². The van der Waals surface area contributed by atoms with Gasteiger partial charge in [-0.2, -0.15) is 0 Å². The van der Waals surface area contributed by atoms with Gasteiger partial charge in [0.15, 0.2) is 0 Å². The van der Waals surface area contributed by atoms with Crippen molar-refractivity contribution in [3.8, 4) is 39.1 Å². The minimum atomic E-state index is 1.11. The Bertz CT molecular complexity index is 3030. The van der Waals surface area contributed by atoms with Crippen LogP contribution in [0.15, 0.2) is 261 Å². The highest BCUT2D eigenvalue weighted by atomic mass is 15.1. The van der Waals surface area contributed by atoms with Gasteiger partial charge in [0.05, 0.1) is 16.7 Å². The van der Waals surface area contributed by atoms with E-state index in [9.17, 15) is 0 Å². The van der Waals surface area contributed by atoms with Crippen LogP contribution in [0.4, 0.5) is 34.1 Å². The van der Waals surface area contributed by atoms with Crippen LogP contribution in [0, 0.1) is 0 Å². The minimum absolute atomic E-state index is 1.11. The van der Waals surface area contributed by atoms with Gasteiger partial charge in [0.25, 0.3) is 0 Å². The lowest BCUT2D eigenvalue weighted by atomic mass is 9.99. The molecule has 1 aromatic heterocycles. The summed E-state index contributed by atoms with van der Waals surface area (Å²) in [6.45, 7) is 0. The van der Waals surface area contributed by atoms with Crippen molar-refractivity contribution in [1.82, 2.24) is 4.57 Å². The number of fused-ring (bicyclic) bond motifs is 3. The van der Waals surface area contributed by atoms with Gasteiger partial charge in [0.2, 0.25) is 0 Å². The summed E-state index contributed by atoms with van der Waals surface area (Å²) in [6.07, 6.45) is 0. The number of hydrogen-bond donors (Lipinski definition) is 0. The predicted octanol–water partition coefficient (Wildman–Crippen LogP) is 16.7. The van der Waals surface area contributed by atoms with Gasteiger partial charge in [-0.25, -0.2) is 0 Å². The zero-order valence-corrected chi connectivity index (χ0v) is 34.7. The number of hydrogen-bond acceptors (Lipinski definition) is 2. The first kappa shape index (κ1) is 37.6. The molecule has 10 aromatic carbocycles. The van der Waals surface area contributed by atoms with E-state index in [0.29, 0.717) is 0 Å². The maximum absolute atomic E-state index is 2.45. The maximum atomic E-state index is 2.45. The van der Waals surface area contributed by atoms with Gasteiger partial charge >= 0.3 is 0 Å². The molecule has 0 saturated carbocycles. The molecule has 11 rings (SSSR count). The molecule has 0 aliphatic rings. The summed E-state index contributed by atoms with van der Waals surface area (Å²) in [5, 5.41) is 2.42. The average molecular weight is 806 g/mol. The summed E-state index contributed by atoms with van der Waals surface area (Å²) in [7, 11) is 0. The van der Waals surface area contributed by atoms with Crippen LogP contribution < -0.4 is 9.80 Å². The molecular formula is C60H43N3. The van der Waals surface area contributed by atoms with Crippen molar-refractivity contribution in [2.75, 3.05) is 9.80 Å². The van der Waals surface area contributed by atoms with E-state index in [0.717, 1.165) is 39.8 Å². The third kappa shape index (κ3) is 7.22. The molecule has 63 heavy (non-hydrogen) atoms. The van der Waals surface area contributed by atoms with Crippen LogP contribution in [0.5, 0.6) is 0 Å². The van der Waals surface area contributed by atoms with E-state index in [1.165, 1.54) is 55.2 Å². The fraction of sp³-hybridized carbons (Fsp3) is 0. The fourth-order valence-corrected chi connectivity index (χ4v) is 8.98. The number of benzene rings is 10. The van der Waals surface area contributed by atoms with Crippen LogP contribution in [-0.2, 0) is 0 Å². The quantitative estimate of drug-likeness (QED) is 0.136. The largest absolute Gasteiger partial charge is 0.311 e. The molecule has 0 spiro atoms. The Morgan fingerprint density at radius 2 is 0.556 bits per heavy atom. The Hall–Kier alpha value is -8.40. The van der Waals surface area contributed by atoms with E-state index in [1.807, 2.05) is 0 Å². The summed E-state index contributed by atoms with van der Waals surface area (Å²) >= 11 is 0. The zero-order chi connectivity index (χ0) is 42.0. The Labute approximate surface area is 368 Å². The Morgan fingerprint density at radius 1 is 0.238 bits per heavy atom. The lowest BCUT2D eigenvalue weighted by molar-refractivity contribution is 1.18. The molecule has 0 fully saturated rings. The van der Waals surface area contributed by atoms with Gasteiger partial charge in [0.1, 0.15) is 0 Å². The molecule has 3 nitrogen and oxygen atoms in total. The van der Waals surface area contributed by atoms with Crippen molar-refractivity contribution in [3.63, 3.8) is 0 Å². The van der Waals surface area contributed by atoms with E-state index in [4.69, 9.17) is 0 Å². The molecule has 0 unspecified atom stereocenters. The molecule has 0 aliphatic carbocycles. The first-order chi connectivity index (χ1) is 31.3. The molecule has 0 radical (unpaired) electrons. The average Bonchev–Trinajstić information content (AvgIpc) is 3.69. The SMILES string of the molecule is c1ccc(-c2ccccc2-n2c3ccc(-c4ccc(N(c5ccccc5)c5ccccc5)cc4)cc3c3cc(-c4ccc(N(c5ccccc5)c5ccccc5)cc4)ccc32)cc1. The summed E-state index contributed by atoms with van der Waals surface area (Å²) in [5.74, 6) is 0. The topological polar surface area (TPSA) is 11.4 Å². The van der Waals surface area contributed by atoms with Crippen molar-refractivity contribution in [2.24, 2.45) is 0 Å². The van der Waals surface area contributed by atoms with Gasteiger partial charge in [0, 0.05) is 50.5 Å². The Kier molecular flexibility index (Phi) is 9.89.